The molecule has 0 aliphatic rings. The number of nitrogens with one attached hydrogen (secondary N) is 2. The van der Waals surface area contributed by atoms with Crippen molar-refractivity contribution in [2.45, 2.75) is 32.7 Å². The number of rotatable bonds is 6. The molecule has 0 saturated carbocycles. The molecule has 0 radical (unpaired) electrons. The normalized spacial score (nSPS) is 12.2. The Bertz CT molecular complexity index is 1420. The van der Waals surface area contributed by atoms with Gasteiger partial charge in [0.15, 0.2) is 0 Å². The minimum atomic E-state index is -1.18. The molecule has 2 aromatic heterocycles. The number of hydrogen-bond acceptors (Lipinski definition) is 5. The molecule has 2 heterocycles. The van der Waals surface area contributed by atoms with Crippen molar-refractivity contribution in [3.05, 3.63) is 75.3 Å². The molecular formula is C24H22N2O6. The summed E-state index contributed by atoms with van der Waals surface area (Å²) in [6.45, 7) is 3.38. The van der Waals surface area contributed by atoms with Crippen LogP contribution in [0.3, 0.4) is 0 Å². The van der Waals surface area contributed by atoms with Crippen LogP contribution in [0.15, 0.2) is 51.8 Å². The standard InChI is InChI=1S/C24H22N2O6/c1-12-7-19(27)22-13(2)16(24(31)32-20(22)8-12)10-21(28)26-18(23(29)30)9-14-11-25-17-6-4-3-5-15(14)17/h3-8,11,18,25,27H,9-10H2,1-2H3,(H,26,28)(H,29,30). The Labute approximate surface area is 182 Å². The fourth-order valence-electron chi connectivity index (χ4n) is 3.99. The van der Waals surface area contributed by atoms with Crippen molar-refractivity contribution in [2.24, 2.45) is 0 Å². The Balaban J connectivity index is 1.58. The fourth-order valence-corrected chi connectivity index (χ4v) is 3.99. The van der Waals surface area contributed by atoms with Gasteiger partial charge in [-0.25, -0.2) is 9.59 Å². The quantitative estimate of drug-likeness (QED) is 0.345. The van der Waals surface area contributed by atoms with Crippen molar-refractivity contribution in [3.8, 4) is 5.75 Å². The third-order valence-electron chi connectivity index (χ3n) is 5.57. The van der Waals surface area contributed by atoms with Gasteiger partial charge in [-0.05, 0) is 48.7 Å². The highest BCUT2D eigenvalue weighted by molar-refractivity contribution is 5.91. The predicted molar refractivity (Wildman–Crippen MR) is 119 cm³/mol. The minimum Gasteiger partial charge on any atom is -0.507 e. The SMILES string of the molecule is Cc1cc(O)c2c(C)c(CC(=O)NC(Cc3c[nH]c4ccccc34)C(=O)O)c(=O)oc2c1. The first-order chi connectivity index (χ1) is 15.2. The lowest BCUT2D eigenvalue weighted by Crippen LogP contribution is -2.43. The van der Waals surface area contributed by atoms with Crippen LogP contribution in [-0.2, 0) is 22.4 Å². The minimum absolute atomic E-state index is 0.0503. The maximum atomic E-state index is 12.7. The number of phenolic OH excluding ortho intramolecular Hbond substituents is 1. The average Bonchev–Trinajstić information content (AvgIpc) is 3.13. The molecule has 32 heavy (non-hydrogen) atoms. The summed E-state index contributed by atoms with van der Waals surface area (Å²) in [5.41, 5.74) is 2.39. The predicted octanol–water partition coefficient (Wildman–Crippen LogP) is 2.95. The zero-order valence-corrected chi connectivity index (χ0v) is 17.6. The van der Waals surface area contributed by atoms with Gasteiger partial charge in [-0.15, -0.1) is 0 Å². The number of aliphatic carboxylic acids is 1. The first kappa shape index (κ1) is 21.2. The van der Waals surface area contributed by atoms with E-state index in [0.29, 0.717) is 10.9 Å². The average molecular weight is 434 g/mol. The highest BCUT2D eigenvalue weighted by atomic mass is 16.4. The van der Waals surface area contributed by atoms with Crippen molar-refractivity contribution in [3.63, 3.8) is 0 Å². The number of aryl methyl sites for hydroxylation is 2. The van der Waals surface area contributed by atoms with E-state index in [0.717, 1.165) is 22.0 Å². The molecule has 2 aromatic carbocycles. The van der Waals surface area contributed by atoms with Crippen molar-refractivity contribution < 1.29 is 24.2 Å². The monoisotopic (exact) mass is 434 g/mol. The summed E-state index contributed by atoms with van der Waals surface area (Å²) in [5, 5.41) is 23.7. The van der Waals surface area contributed by atoms with Gasteiger partial charge in [0, 0.05) is 23.5 Å². The van der Waals surface area contributed by atoms with Crippen LogP contribution in [0.1, 0.15) is 22.3 Å². The summed E-state index contributed by atoms with van der Waals surface area (Å²) in [7, 11) is 0. The lowest BCUT2D eigenvalue weighted by molar-refractivity contribution is -0.141. The Kier molecular flexibility index (Phi) is 5.44. The van der Waals surface area contributed by atoms with E-state index in [1.54, 1.807) is 32.2 Å². The van der Waals surface area contributed by atoms with E-state index < -0.39 is 23.5 Å². The van der Waals surface area contributed by atoms with Crippen molar-refractivity contribution in [2.75, 3.05) is 0 Å². The Morgan fingerprint density at radius 3 is 2.69 bits per heavy atom. The highest BCUT2D eigenvalue weighted by Gasteiger charge is 2.24. The first-order valence-electron chi connectivity index (χ1n) is 10.1. The molecule has 0 spiro atoms. The van der Waals surface area contributed by atoms with Crippen LogP contribution in [0.4, 0.5) is 0 Å². The summed E-state index contributed by atoms with van der Waals surface area (Å²) in [6.07, 6.45) is 1.44. The van der Waals surface area contributed by atoms with E-state index in [9.17, 15) is 24.6 Å². The van der Waals surface area contributed by atoms with Gasteiger partial charge in [-0.1, -0.05) is 18.2 Å². The number of carboxylic acid groups (broad SMARTS) is 1. The molecule has 4 N–H and O–H groups in total. The number of aromatic hydroxyl groups is 1. The number of carbonyl (C=O) groups is 2. The summed E-state index contributed by atoms with van der Waals surface area (Å²) >= 11 is 0. The van der Waals surface area contributed by atoms with Gasteiger partial charge in [0.2, 0.25) is 5.91 Å². The van der Waals surface area contributed by atoms with Gasteiger partial charge in [0.05, 0.1) is 17.4 Å². The number of aromatic nitrogens is 1. The molecule has 1 amide bonds. The van der Waals surface area contributed by atoms with Crippen LogP contribution < -0.4 is 10.9 Å². The fraction of sp³-hybridized carbons (Fsp3) is 0.208. The number of H-pyrrole nitrogens is 1. The van der Waals surface area contributed by atoms with E-state index in [-0.39, 0.29) is 29.7 Å². The number of carbonyl (C=O) groups excluding carboxylic acids is 1. The van der Waals surface area contributed by atoms with Gasteiger partial charge in [0.25, 0.3) is 0 Å². The molecule has 0 aliphatic carbocycles. The smallest absolute Gasteiger partial charge is 0.340 e. The molecule has 0 saturated heterocycles. The second-order valence-corrected chi connectivity index (χ2v) is 7.85. The Morgan fingerprint density at radius 1 is 1.19 bits per heavy atom. The van der Waals surface area contributed by atoms with Gasteiger partial charge in [0.1, 0.15) is 17.4 Å². The topological polar surface area (TPSA) is 133 Å². The second kappa shape index (κ2) is 8.22. The van der Waals surface area contributed by atoms with Gasteiger partial charge in [-0.2, -0.15) is 0 Å². The number of fused-ring (bicyclic) bond motifs is 2. The number of para-hydroxylation sites is 1. The van der Waals surface area contributed by atoms with E-state index >= 15 is 0 Å². The van der Waals surface area contributed by atoms with Crippen LogP contribution in [-0.4, -0.2) is 33.1 Å². The summed E-state index contributed by atoms with van der Waals surface area (Å²) in [6, 6.07) is 9.48. The highest BCUT2D eigenvalue weighted by Crippen LogP contribution is 2.30. The number of amides is 1. The number of benzene rings is 2. The molecule has 0 aliphatic heterocycles. The van der Waals surface area contributed by atoms with Crippen molar-refractivity contribution in [1.29, 1.82) is 0 Å². The van der Waals surface area contributed by atoms with Crippen molar-refractivity contribution >= 4 is 33.7 Å². The second-order valence-electron chi connectivity index (χ2n) is 7.85. The third kappa shape index (κ3) is 3.94. The van der Waals surface area contributed by atoms with Gasteiger partial charge < -0.3 is 24.9 Å². The third-order valence-corrected chi connectivity index (χ3v) is 5.57. The number of phenols is 1. The first-order valence-corrected chi connectivity index (χ1v) is 10.1. The largest absolute Gasteiger partial charge is 0.507 e. The Morgan fingerprint density at radius 2 is 1.94 bits per heavy atom. The van der Waals surface area contributed by atoms with Crippen LogP contribution in [0.5, 0.6) is 5.75 Å². The number of hydrogen-bond donors (Lipinski definition) is 4. The van der Waals surface area contributed by atoms with Crippen LogP contribution >= 0.6 is 0 Å². The van der Waals surface area contributed by atoms with Crippen LogP contribution in [0.2, 0.25) is 0 Å². The zero-order valence-electron chi connectivity index (χ0n) is 17.6. The molecule has 164 valence electrons. The van der Waals surface area contributed by atoms with E-state index in [4.69, 9.17) is 4.42 Å². The molecular weight excluding hydrogens is 412 g/mol. The summed E-state index contributed by atoms with van der Waals surface area (Å²) in [4.78, 5) is 40.0. The molecule has 4 rings (SSSR count). The van der Waals surface area contributed by atoms with Crippen LogP contribution in [0.25, 0.3) is 21.9 Å². The lowest BCUT2D eigenvalue weighted by atomic mass is 10.0. The molecule has 8 heteroatoms. The number of aromatic amines is 1. The molecule has 8 nitrogen and oxygen atoms in total. The van der Waals surface area contributed by atoms with Crippen LogP contribution in [0, 0.1) is 13.8 Å². The van der Waals surface area contributed by atoms with E-state index in [2.05, 4.69) is 10.3 Å². The molecule has 0 bridgehead atoms. The number of carboxylic acids is 1. The molecule has 0 fully saturated rings. The van der Waals surface area contributed by atoms with Gasteiger partial charge in [-0.3, -0.25) is 4.79 Å². The zero-order chi connectivity index (χ0) is 23.0. The maximum Gasteiger partial charge on any atom is 0.340 e. The summed E-state index contributed by atoms with van der Waals surface area (Å²) in [5.74, 6) is -1.86. The van der Waals surface area contributed by atoms with E-state index in [1.807, 2.05) is 24.3 Å². The lowest BCUT2D eigenvalue weighted by Gasteiger charge is -2.15. The summed E-state index contributed by atoms with van der Waals surface area (Å²) < 4.78 is 5.31. The molecule has 4 aromatic rings. The van der Waals surface area contributed by atoms with Crippen molar-refractivity contribution in [1.82, 2.24) is 10.3 Å². The Hall–Kier alpha value is -4.07. The maximum absolute atomic E-state index is 12.7. The molecule has 1 atom stereocenters. The van der Waals surface area contributed by atoms with E-state index in [1.165, 1.54) is 0 Å². The molecule has 1 unspecified atom stereocenters. The van der Waals surface area contributed by atoms with Gasteiger partial charge >= 0.3 is 11.6 Å².